The first-order valence-corrected chi connectivity index (χ1v) is 7.91. The van der Waals surface area contributed by atoms with E-state index in [1.165, 1.54) is 0 Å². The highest BCUT2D eigenvalue weighted by Gasteiger charge is 2.16. The van der Waals surface area contributed by atoms with Crippen LogP contribution in [-0.4, -0.2) is 5.97 Å². The van der Waals surface area contributed by atoms with Crippen molar-refractivity contribution in [2.24, 2.45) is 0 Å². The SMILES string of the molecule is O=C(O/C(=C(\Cl)c1ccccc1)c1ccccc1)c1ccccc1. The molecular weight excluding hydrogens is 320 g/mol. The molecule has 0 aromatic heterocycles. The normalized spacial score (nSPS) is 11.5. The second-order valence-corrected chi connectivity index (χ2v) is 5.51. The minimum atomic E-state index is -0.441. The Labute approximate surface area is 146 Å². The predicted octanol–water partition coefficient (Wildman–Crippen LogP) is 5.61. The van der Waals surface area contributed by atoms with Gasteiger partial charge in [-0.3, -0.25) is 0 Å². The molecule has 0 radical (unpaired) electrons. The molecule has 0 N–H and O–H groups in total. The molecule has 3 aromatic carbocycles. The largest absolute Gasteiger partial charge is 0.421 e. The highest BCUT2D eigenvalue weighted by atomic mass is 35.5. The van der Waals surface area contributed by atoms with Crippen LogP contribution in [0.25, 0.3) is 10.8 Å². The van der Waals surface area contributed by atoms with E-state index in [2.05, 4.69) is 0 Å². The quantitative estimate of drug-likeness (QED) is 0.352. The van der Waals surface area contributed by atoms with E-state index in [-0.39, 0.29) is 0 Å². The molecule has 3 heteroatoms. The number of hydrogen-bond acceptors (Lipinski definition) is 2. The molecule has 3 rings (SSSR count). The van der Waals surface area contributed by atoms with Crippen LogP contribution in [0.4, 0.5) is 0 Å². The Bertz CT molecular complexity index is 841. The van der Waals surface area contributed by atoms with Gasteiger partial charge in [-0.25, -0.2) is 4.79 Å². The first-order valence-electron chi connectivity index (χ1n) is 7.53. The van der Waals surface area contributed by atoms with Crippen LogP contribution in [0.2, 0.25) is 0 Å². The molecule has 0 unspecified atom stereocenters. The molecule has 0 fully saturated rings. The third-order valence-corrected chi connectivity index (χ3v) is 3.86. The fourth-order valence-corrected chi connectivity index (χ4v) is 2.54. The first kappa shape index (κ1) is 16.0. The average molecular weight is 335 g/mol. The number of ether oxygens (including phenoxy) is 1. The summed E-state index contributed by atoms with van der Waals surface area (Å²) >= 11 is 6.54. The van der Waals surface area contributed by atoms with Crippen LogP contribution in [0.5, 0.6) is 0 Å². The number of halogens is 1. The Balaban J connectivity index is 2.02. The molecule has 0 aliphatic heterocycles. The summed E-state index contributed by atoms with van der Waals surface area (Å²) in [6.45, 7) is 0. The molecule has 0 spiro atoms. The minimum Gasteiger partial charge on any atom is -0.421 e. The molecule has 0 saturated heterocycles. The maximum Gasteiger partial charge on any atom is 0.343 e. The van der Waals surface area contributed by atoms with E-state index in [0.29, 0.717) is 16.4 Å². The van der Waals surface area contributed by atoms with Crippen molar-refractivity contribution in [2.45, 2.75) is 0 Å². The van der Waals surface area contributed by atoms with E-state index in [0.717, 1.165) is 11.1 Å². The van der Waals surface area contributed by atoms with Crippen LogP contribution >= 0.6 is 11.6 Å². The molecule has 2 nitrogen and oxygen atoms in total. The number of esters is 1. The molecule has 0 saturated carbocycles. The van der Waals surface area contributed by atoms with Crippen LogP contribution in [-0.2, 0) is 4.74 Å². The van der Waals surface area contributed by atoms with Gasteiger partial charge in [-0.1, -0.05) is 90.5 Å². The highest BCUT2D eigenvalue weighted by Crippen LogP contribution is 2.31. The van der Waals surface area contributed by atoms with Gasteiger partial charge in [0.05, 0.1) is 10.6 Å². The van der Waals surface area contributed by atoms with Crippen molar-refractivity contribution < 1.29 is 9.53 Å². The van der Waals surface area contributed by atoms with Crippen LogP contribution in [0, 0.1) is 0 Å². The summed E-state index contributed by atoms with van der Waals surface area (Å²) in [7, 11) is 0. The van der Waals surface area contributed by atoms with Gasteiger partial charge in [0, 0.05) is 5.56 Å². The first-order chi connectivity index (χ1) is 11.8. The summed E-state index contributed by atoms with van der Waals surface area (Å²) in [6, 6.07) is 27.7. The monoisotopic (exact) mass is 334 g/mol. The van der Waals surface area contributed by atoms with E-state index in [1.807, 2.05) is 66.7 Å². The predicted molar refractivity (Wildman–Crippen MR) is 97.4 cm³/mol. The number of rotatable bonds is 4. The van der Waals surface area contributed by atoms with Crippen molar-refractivity contribution in [1.82, 2.24) is 0 Å². The zero-order valence-corrected chi connectivity index (χ0v) is 13.6. The fourth-order valence-electron chi connectivity index (χ4n) is 2.26. The zero-order chi connectivity index (χ0) is 16.8. The summed E-state index contributed by atoms with van der Waals surface area (Å²) in [5, 5.41) is 0.395. The summed E-state index contributed by atoms with van der Waals surface area (Å²) in [6.07, 6.45) is 0. The molecule has 0 aliphatic carbocycles. The van der Waals surface area contributed by atoms with Gasteiger partial charge >= 0.3 is 5.97 Å². The lowest BCUT2D eigenvalue weighted by atomic mass is 10.1. The fraction of sp³-hybridized carbons (Fsp3) is 0. The molecule has 0 aliphatic rings. The van der Waals surface area contributed by atoms with Gasteiger partial charge in [-0.15, -0.1) is 0 Å². The van der Waals surface area contributed by atoms with E-state index in [9.17, 15) is 4.79 Å². The van der Waals surface area contributed by atoms with Crippen molar-refractivity contribution in [3.8, 4) is 0 Å². The number of benzene rings is 3. The van der Waals surface area contributed by atoms with Crippen molar-refractivity contribution in [2.75, 3.05) is 0 Å². The molecule has 0 heterocycles. The van der Waals surface area contributed by atoms with E-state index in [1.54, 1.807) is 24.3 Å². The summed E-state index contributed by atoms with van der Waals surface area (Å²) in [4.78, 5) is 12.4. The Morgan fingerprint density at radius 3 is 1.54 bits per heavy atom. The van der Waals surface area contributed by atoms with Crippen LogP contribution < -0.4 is 0 Å². The Morgan fingerprint density at radius 1 is 0.625 bits per heavy atom. The van der Waals surface area contributed by atoms with E-state index in [4.69, 9.17) is 16.3 Å². The highest BCUT2D eigenvalue weighted by molar-refractivity contribution is 6.52. The summed E-state index contributed by atoms with van der Waals surface area (Å²) in [5.74, 6) is -0.0964. The molecule has 0 amide bonds. The number of hydrogen-bond donors (Lipinski definition) is 0. The maximum atomic E-state index is 12.4. The standard InChI is InChI=1S/C21H15ClO2/c22-19(16-10-4-1-5-11-16)20(17-12-6-2-7-13-17)24-21(23)18-14-8-3-9-15-18/h1-15H/b20-19-. The van der Waals surface area contributed by atoms with Gasteiger partial charge in [0.2, 0.25) is 0 Å². The van der Waals surface area contributed by atoms with Gasteiger partial charge in [0.25, 0.3) is 0 Å². The molecule has 3 aromatic rings. The average Bonchev–Trinajstić information content (AvgIpc) is 2.67. The summed E-state index contributed by atoms with van der Waals surface area (Å²) in [5.41, 5.74) is 2.01. The van der Waals surface area contributed by atoms with E-state index < -0.39 is 5.97 Å². The smallest absolute Gasteiger partial charge is 0.343 e. The van der Waals surface area contributed by atoms with Crippen LogP contribution in [0.15, 0.2) is 91.0 Å². The summed E-state index contributed by atoms with van der Waals surface area (Å²) < 4.78 is 5.65. The third-order valence-electron chi connectivity index (χ3n) is 3.47. The third kappa shape index (κ3) is 3.73. The molecule has 24 heavy (non-hydrogen) atoms. The molecular formula is C21H15ClO2. The Hall–Kier alpha value is -2.84. The van der Waals surface area contributed by atoms with Gasteiger partial charge in [0.1, 0.15) is 0 Å². The van der Waals surface area contributed by atoms with Gasteiger partial charge in [-0.05, 0) is 17.7 Å². The lowest BCUT2D eigenvalue weighted by Gasteiger charge is -2.12. The zero-order valence-electron chi connectivity index (χ0n) is 12.9. The number of carbonyl (C=O) groups is 1. The van der Waals surface area contributed by atoms with Crippen molar-refractivity contribution in [1.29, 1.82) is 0 Å². The topological polar surface area (TPSA) is 26.3 Å². The van der Waals surface area contributed by atoms with Gasteiger partial charge in [0.15, 0.2) is 5.76 Å². The van der Waals surface area contributed by atoms with Crippen molar-refractivity contribution >= 4 is 28.4 Å². The van der Waals surface area contributed by atoms with Gasteiger partial charge < -0.3 is 4.74 Å². The molecule has 0 bridgehead atoms. The molecule has 118 valence electrons. The van der Waals surface area contributed by atoms with E-state index >= 15 is 0 Å². The van der Waals surface area contributed by atoms with Crippen LogP contribution in [0.1, 0.15) is 21.5 Å². The second kappa shape index (κ2) is 7.62. The van der Waals surface area contributed by atoms with Gasteiger partial charge in [-0.2, -0.15) is 0 Å². The number of carbonyl (C=O) groups excluding carboxylic acids is 1. The maximum absolute atomic E-state index is 12.4. The Morgan fingerprint density at radius 2 is 1.04 bits per heavy atom. The Kier molecular flexibility index (Phi) is 5.09. The van der Waals surface area contributed by atoms with Crippen molar-refractivity contribution in [3.63, 3.8) is 0 Å². The lowest BCUT2D eigenvalue weighted by Crippen LogP contribution is -2.05. The minimum absolute atomic E-state index is 0.345. The lowest BCUT2D eigenvalue weighted by molar-refractivity contribution is 0.0693. The molecule has 0 atom stereocenters. The second-order valence-electron chi connectivity index (χ2n) is 5.13. The van der Waals surface area contributed by atoms with Crippen LogP contribution in [0.3, 0.4) is 0 Å². The van der Waals surface area contributed by atoms with Crippen molar-refractivity contribution in [3.05, 3.63) is 108 Å².